The molecule has 0 atom stereocenters. The molecule has 0 saturated carbocycles. The Morgan fingerprint density at radius 2 is 2.18 bits per heavy atom. The van der Waals surface area contributed by atoms with Crippen LogP contribution in [-0.4, -0.2) is 12.1 Å². The third-order valence-corrected chi connectivity index (χ3v) is 2.68. The molecule has 0 radical (unpaired) electrons. The molecule has 2 rings (SSSR count). The van der Waals surface area contributed by atoms with Crippen LogP contribution in [0.2, 0.25) is 5.02 Å². The molecule has 17 heavy (non-hydrogen) atoms. The molecule has 0 aliphatic heterocycles. The minimum atomic E-state index is 0.427. The van der Waals surface area contributed by atoms with Gasteiger partial charge in [0.05, 0.1) is 17.7 Å². The third kappa shape index (κ3) is 2.22. The van der Waals surface area contributed by atoms with Gasteiger partial charge in [0, 0.05) is 11.8 Å². The first-order valence-electron chi connectivity index (χ1n) is 4.95. The molecule has 1 aromatic heterocycles. The molecule has 0 bridgehead atoms. The van der Waals surface area contributed by atoms with Crippen LogP contribution in [0.25, 0.3) is 11.1 Å². The van der Waals surface area contributed by atoms with E-state index in [1.165, 1.54) is 0 Å². The molecule has 1 heterocycles. The Morgan fingerprint density at radius 3 is 2.82 bits per heavy atom. The molecule has 0 aliphatic rings. The Morgan fingerprint density at radius 1 is 1.35 bits per heavy atom. The summed E-state index contributed by atoms with van der Waals surface area (Å²) in [5, 5.41) is 9.24. The van der Waals surface area contributed by atoms with Crippen LogP contribution >= 0.6 is 11.6 Å². The van der Waals surface area contributed by atoms with Gasteiger partial charge in [0.2, 0.25) is 5.88 Å². The van der Waals surface area contributed by atoms with E-state index in [9.17, 15) is 0 Å². The van der Waals surface area contributed by atoms with Crippen LogP contribution in [0.3, 0.4) is 0 Å². The Hall–Kier alpha value is -2.05. The van der Waals surface area contributed by atoms with Crippen LogP contribution in [0, 0.1) is 11.3 Å². The van der Waals surface area contributed by atoms with Crippen molar-refractivity contribution >= 4 is 11.6 Å². The van der Waals surface area contributed by atoms with Gasteiger partial charge in [-0.3, -0.25) is 0 Å². The van der Waals surface area contributed by atoms with E-state index >= 15 is 0 Å². The molecule has 3 nitrogen and oxygen atoms in total. The number of hydrogen-bond donors (Lipinski definition) is 0. The van der Waals surface area contributed by atoms with Crippen LogP contribution in [0.4, 0.5) is 0 Å². The van der Waals surface area contributed by atoms with Gasteiger partial charge in [0.1, 0.15) is 6.07 Å². The Labute approximate surface area is 104 Å². The number of methoxy groups -OCH3 is 1. The number of hydrogen-bond acceptors (Lipinski definition) is 3. The number of halogens is 1. The molecule has 2 aromatic rings. The quantitative estimate of drug-likeness (QED) is 0.814. The van der Waals surface area contributed by atoms with E-state index in [4.69, 9.17) is 21.6 Å². The zero-order valence-electron chi connectivity index (χ0n) is 9.14. The van der Waals surface area contributed by atoms with Crippen molar-refractivity contribution in [1.29, 1.82) is 5.26 Å². The van der Waals surface area contributed by atoms with Gasteiger partial charge in [0.15, 0.2) is 0 Å². The maximum Gasteiger partial charge on any atom is 0.221 e. The lowest BCUT2D eigenvalue weighted by Gasteiger charge is -2.07. The maximum absolute atomic E-state index is 8.81. The highest BCUT2D eigenvalue weighted by atomic mass is 35.5. The molecular weight excluding hydrogens is 236 g/mol. The summed E-state index contributed by atoms with van der Waals surface area (Å²) in [6, 6.07) is 11.0. The largest absolute Gasteiger partial charge is 0.481 e. The summed E-state index contributed by atoms with van der Waals surface area (Å²) < 4.78 is 5.18. The van der Waals surface area contributed by atoms with E-state index in [1.54, 1.807) is 25.4 Å². The number of aromatic nitrogens is 1. The minimum absolute atomic E-state index is 0.427. The predicted octanol–water partition coefficient (Wildman–Crippen LogP) is 3.28. The summed E-state index contributed by atoms with van der Waals surface area (Å²) in [6.45, 7) is 0. The fraction of sp³-hybridized carbons (Fsp3) is 0.0769. The van der Waals surface area contributed by atoms with E-state index in [0.29, 0.717) is 16.5 Å². The van der Waals surface area contributed by atoms with Crippen molar-refractivity contribution in [2.45, 2.75) is 0 Å². The topological polar surface area (TPSA) is 45.9 Å². The van der Waals surface area contributed by atoms with Gasteiger partial charge in [0.25, 0.3) is 0 Å². The van der Waals surface area contributed by atoms with E-state index in [2.05, 4.69) is 4.98 Å². The molecule has 0 amide bonds. The second-order valence-corrected chi connectivity index (χ2v) is 3.77. The molecule has 0 spiro atoms. The van der Waals surface area contributed by atoms with Crippen molar-refractivity contribution in [1.82, 2.24) is 4.98 Å². The SMILES string of the molecule is COc1ncccc1-c1ccc(C#N)c(Cl)c1. The summed E-state index contributed by atoms with van der Waals surface area (Å²) in [5.41, 5.74) is 2.18. The normalized spacial score (nSPS) is 9.71. The fourth-order valence-corrected chi connectivity index (χ4v) is 1.77. The molecular formula is C13H9ClN2O. The third-order valence-electron chi connectivity index (χ3n) is 2.37. The first-order chi connectivity index (χ1) is 8.26. The summed E-state index contributed by atoms with van der Waals surface area (Å²) in [7, 11) is 1.57. The molecule has 4 heteroatoms. The molecule has 0 N–H and O–H groups in total. The lowest BCUT2D eigenvalue weighted by Crippen LogP contribution is -1.91. The first-order valence-corrected chi connectivity index (χ1v) is 5.33. The van der Waals surface area contributed by atoms with Gasteiger partial charge < -0.3 is 4.74 Å². The van der Waals surface area contributed by atoms with Crippen molar-refractivity contribution in [3.8, 4) is 23.1 Å². The van der Waals surface area contributed by atoms with Gasteiger partial charge in [-0.2, -0.15) is 5.26 Å². The van der Waals surface area contributed by atoms with Crippen LogP contribution in [0.5, 0.6) is 5.88 Å². The van der Waals surface area contributed by atoms with Gasteiger partial charge in [-0.05, 0) is 29.8 Å². The van der Waals surface area contributed by atoms with Crippen LogP contribution < -0.4 is 4.74 Å². The summed E-state index contributed by atoms with van der Waals surface area (Å²) in [6.07, 6.45) is 1.66. The van der Waals surface area contributed by atoms with Crippen molar-refractivity contribution in [2.24, 2.45) is 0 Å². The van der Waals surface area contributed by atoms with Crippen LogP contribution in [0.1, 0.15) is 5.56 Å². The predicted molar refractivity (Wildman–Crippen MR) is 66.0 cm³/mol. The van der Waals surface area contributed by atoms with Gasteiger partial charge in [-0.1, -0.05) is 17.7 Å². The van der Waals surface area contributed by atoms with Gasteiger partial charge in [-0.15, -0.1) is 0 Å². The highest BCUT2D eigenvalue weighted by Crippen LogP contribution is 2.30. The van der Waals surface area contributed by atoms with Crippen LogP contribution in [0.15, 0.2) is 36.5 Å². The minimum Gasteiger partial charge on any atom is -0.481 e. The monoisotopic (exact) mass is 244 g/mol. The van der Waals surface area contributed by atoms with E-state index in [-0.39, 0.29) is 0 Å². The second-order valence-electron chi connectivity index (χ2n) is 3.37. The molecule has 0 fully saturated rings. The standard InChI is InChI=1S/C13H9ClN2O/c1-17-13-11(3-2-6-16-13)9-4-5-10(8-15)12(14)7-9/h2-7H,1H3. The van der Waals surface area contributed by atoms with Crippen molar-refractivity contribution < 1.29 is 4.74 Å². The van der Waals surface area contributed by atoms with E-state index in [0.717, 1.165) is 11.1 Å². The van der Waals surface area contributed by atoms with E-state index in [1.807, 2.05) is 24.3 Å². The maximum atomic E-state index is 8.81. The number of nitriles is 1. The zero-order chi connectivity index (χ0) is 12.3. The number of nitrogens with zero attached hydrogens (tertiary/aromatic N) is 2. The Kier molecular flexibility index (Phi) is 3.27. The zero-order valence-corrected chi connectivity index (χ0v) is 9.90. The lowest BCUT2D eigenvalue weighted by atomic mass is 10.1. The number of ether oxygens (including phenoxy) is 1. The van der Waals surface area contributed by atoms with Crippen molar-refractivity contribution in [2.75, 3.05) is 7.11 Å². The summed E-state index contributed by atoms with van der Waals surface area (Å²) in [4.78, 5) is 4.12. The molecule has 1 aromatic carbocycles. The summed E-state index contributed by atoms with van der Waals surface area (Å²) >= 11 is 5.99. The molecule has 84 valence electrons. The second kappa shape index (κ2) is 4.86. The van der Waals surface area contributed by atoms with Crippen molar-refractivity contribution in [3.63, 3.8) is 0 Å². The highest BCUT2D eigenvalue weighted by molar-refractivity contribution is 6.32. The highest BCUT2D eigenvalue weighted by Gasteiger charge is 2.08. The number of benzene rings is 1. The van der Waals surface area contributed by atoms with E-state index < -0.39 is 0 Å². The van der Waals surface area contributed by atoms with Crippen LogP contribution in [-0.2, 0) is 0 Å². The van der Waals surface area contributed by atoms with Crippen molar-refractivity contribution in [3.05, 3.63) is 47.1 Å². The first kappa shape index (κ1) is 11.4. The smallest absolute Gasteiger partial charge is 0.221 e. The number of pyridine rings is 1. The lowest BCUT2D eigenvalue weighted by molar-refractivity contribution is 0.399. The molecule has 0 aliphatic carbocycles. The van der Waals surface area contributed by atoms with Gasteiger partial charge >= 0.3 is 0 Å². The summed E-state index contributed by atoms with van der Waals surface area (Å²) in [5.74, 6) is 0.535. The number of rotatable bonds is 2. The average molecular weight is 245 g/mol. The van der Waals surface area contributed by atoms with Gasteiger partial charge in [-0.25, -0.2) is 4.98 Å². The fourth-order valence-electron chi connectivity index (χ4n) is 1.55. The Bertz CT molecular complexity index is 590. The molecule has 0 unspecified atom stereocenters. The molecule has 0 saturated heterocycles. The average Bonchev–Trinajstić information content (AvgIpc) is 2.38. The Balaban J connectivity index is 2.54.